The lowest BCUT2D eigenvalue weighted by atomic mass is 10.0. The Hall–Kier alpha value is -6.06. The van der Waals surface area contributed by atoms with E-state index in [0.717, 1.165) is 0 Å². The van der Waals surface area contributed by atoms with Gasteiger partial charge < -0.3 is 30.3 Å². The van der Waals surface area contributed by atoms with Crippen molar-refractivity contribution in [2.45, 2.75) is 38.1 Å². The van der Waals surface area contributed by atoms with E-state index in [4.69, 9.17) is 19.7 Å². The van der Waals surface area contributed by atoms with E-state index >= 15 is 0 Å². The maximum absolute atomic E-state index is 13.6. The topological polar surface area (TPSA) is 151 Å². The van der Waals surface area contributed by atoms with Crippen molar-refractivity contribution in [2.24, 2.45) is 0 Å². The van der Waals surface area contributed by atoms with E-state index < -0.39 is 95.1 Å². The molecule has 264 valence electrons. The summed E-state index contributed by atoms with van der Waals surface area (Å²) in [6.45, 7) is -0.198. The Balaban J connectivity index is 0.000000270. The van der Waals surface area contributed by atoms with Crippen molar-refractivity contribution in [3.63, 3.8) is 0 Å². The Morgan fingerprint density at radius 3 is 1.12 bits per heavy atom. The summed E-state index contributed by atoms with van der Waals surface area (Å²) >= 11 is 0. The Labute approximate surface area is 280 Å². The van der Waals surface area contributed by atoms with Crippen LogP contribution in [-0.4, -0.2) is 46.4 Å². The molecular formula is C34H28F6N2O8. The van der Waals surface area contributed by atoms with Gasteiger partial charge in [0.2, 0.25) is 0 Å². The van der Waals surface area contributed by atoms with Crippen molar-refractivity contribution < 1.29 is 65.2 Å². The minimum Gasteiger partial charge on any atom is -0.480 e. The number of rotatable bonds is 12. The fourth-order valence-corrected chi connectivity index (χ4v) is 4.16. The summed E-state index contributed by atoms with van der Waals surface area (Å²) in [5, 5.41) is 22.3. The fraction of sp³-hybridized carbons (Fsp3) is 0.176. The summed E-state index contributed by atoms with van der Waals surface area (Å²) in [6.07, 6.45) is -3.51. The summed E-state index contributed by atoms with van der Waals surface area (Å²) in [4.78, 5) is 45.8. The minimum atomic E-state index is -1.64. The van der Waals surface area contributed by atoms with Gasteiger partial charge in [-0.1, -0.05) is 60.7 Å². The molecule has 0 aliphatic heterocycles. The predicted molar refractivity (Wildman–Crippen MR) is 162 cm³/mol. The SMILES string of the molecule is O=C(N[C@@H](Cc1c(F)cc(F)cc1F)C(=O)O)OCc1ccccc1.O=C(N[C@@H](Cc1c(F)cc(F)cc1F)C(=O)O)OCc1ccccc1. The van der Waals surface area contributed by atoms with Crippen molar-refractivity contribution in [3.05, 3.63) is 142 Å². The van der Waals surface area contributed by atoms with E-state index in [2.05, 4.69) is 0 Å². The smallest absolute Gasteiger partial charge is 0.408 e. The molecule has 0 unspecified atom stereocenters. The van der Waals surface area contributed by atoms with Crippen LogP contribution in [0.15, 0.2) is 84.9 Å². The lowest BCUT2D eigenvalue weighted by Crippen LogP contribution is -2.42. The molecule has 50 heavy (non-hydrogen) atoms. The number of benzene rings is 4. The maximum Gasteiger partial charge on any atom is 0.408 e. The van der Waals surface area contributed by atoms with Crippen LogP contribution in [0.25, 0.3) is 0 Å². The van der Waals surface area contributed by atoms with Gasteiger partial charge in [-0.3, -0.25) is 0 Å². The zero-order chi connectivity index (χ0) is 36.8. The number of hydrogen-bond acceptors (Lipinski definition) is 6. The van der Waals surface area contributed by atoms with Gasteiger partial charge >= 0.3 is 24.1 Å². The normalized spacial score (nSPS) is 11.6. The van der Waals surface area contributed by atoms with Crippen molar-refractivity contribution in [1.82, 2.24) is 10.6 Å². The Morgan fingerprint density at radius 1 is 0.540 bits per heavy atom. The molecule has 0 saturated carbocycles. The lowest BCUT2D eigenvalue weighted by Gasteiger charge is -2.15. The number of carbonyl (C=O) groups excluding carboxylic acids is 2. The summed E-state index contributed by atoms with van der Waals surface area (Å²) in [6, 6.07) is 15.7. The van der Waals surface area contributed by atoms with Crippen LogP contribution in [0.2, 0.25) is 0 Å². The van der Waals surface area contributed by atoms with Crippen LogP contribution in [-0.2, 0) is 45.1 Å². The molecular weight excluding hydrogens is 678 g/mol. The monoisotopic (exact) mass is 706 g/mol. The van der Waals surface area contributed by atoms with Crippen LogP contribution in [0.5, 0.6) is 0 Å². The first-order valence-electron chi connectivity index (χ1n) is 14.4. The van der Waals surface area contributed by atoms with Crippen LogP contribution in [0.1, 0.15) is 22.3 Å². The molecule has 0 bridgehead atoms. The second-order valence-electron chi connectivity index (χ2n) is 10.3. The predicted octanol–water partition coefficient (Wildman–Crippen LogP) is 6.05. The standard InChI is InChI=1S/2C17H14F3NO4/c2*18-11-6-13(19)12(14(20)7-11)8-15(16(22)23)21-17(24)25-9-10-4-2-1-3-5-10/h2*1-7,15H,8-9H2,(H,21,24)(H,22,23)/t2*15-/m00/s1. The molecule has 0 heterocycles. The maximum atomic E-state index is 13.6. The van der Waals surface area contributed by atoms with Gasteiger partial charge in [-0.25, -0.2) is 45.5 Å². The van der Waals surface area contributed by atoms with Crippen molar-refractivity contribution in [1.29, 1.82) is 0 Å². The lowest BCUT2D eigenvalue weighted by molar-refractivity contribution is -0.140. The molecule has 0 aromatic heterocycles. The number of carboxylic acids is 2. The van der Waals surface area contributed by atoms with Gasteiger partial charge in [0.05, 0.1) is 0 Å². The molecule has 0 radical (unpaired) electrons. The fourth-order valence-electron chi connectivity index (χ4n) is 4.16. The van der Waals surface area contributed by atoms with Gasteiger partial charge in [-0.15, -0.1) is 0 Å². The number of halogens is 6. The molecule has 2 amide bonds. The Morgan fingerprint density at radius 2 is 0.840 bits per heavy atom. The van der Waals surface area contributed by atoms with Gasteiger partial charge in [0, 0.05) is 48.2 Å². The number of carboxylic acid groups (broad SMARTS) is 2. The molecule has 0 aliphatic rings. The number of ether oxygens (including phenoxy) is 2. The van der Waals surface area contributed by atoms with Crippen LogP contribution >= 0.6 is 0 Å². The van der Waals surface area contributed by atoms with E-state index in [0.29, 0.717) is 35.4 Å². The van der Waals surface area contributed by atoms with Crippen LogP contribution in [0.4, 0.5) is 35.9 Å². The van der Waals surface area contributed by atoms with E-state index in [1.807, 2.05) is 10.6 Å². The number of carbonyl (C=O) groups is 4. The number of aliphatic carboxylic acids is 2. The number of alkyl carbamates (subject to hydrolysis) is 2. The number of hydrogen-bond donors (Lipinski definition) is 4. The third-order valence-electron chi connectivity index (χ3n) is 6.63. The van der Waals surface area contributed by atoms with Gasteiger partial charge in [0.15, 0.2) is 0 Å². The van der Waals surface area contributed by atoms with Gasteiger partial charge in [-0.05, 0) is 11.1 Å². The zero-order valence-electron chi connectivity index (χ0n) is 25.7. The van der Waals surface area contributed by atoms with Gasteiger partial charge in [-0.2, -0.15) is 0 Å². The molecule has 0 fully saturated rings. The van der Waals surface area contributed by atoms with E-state index in [1.54, 1.807) is 60.7 Å². The third kappa shape index (κ3) is 12.2. The van der Waals surface area contributed by atoms with Crippen molar-refractivity contribution in [2.75, 3.05) is 0 Å². The minimum absolute atomic E-state index is 0.0989. The van der Waals surface area contributed by atoms with E-state index in [1.165, 1.54) is 0 Å². The third-order valence-corrected chi connectivity index (χ3v) is 6.63. The molecule has 0 saturated heterocycles. The highest BCUT2D eigenvalue weighted by Crippen LogP contribution is 2.18. The molecule has 4 aromatic rings. The first-order chi connectivity index (χ1) is 23.7. The molecule has 0 aliphatic carbocycles. The van der Waals surface area contributed by atoms with E-state index in [9.17, 15) is 45.5 Å². The summed E-state index contributed by atoms with van der Waals surface area (Å²) in [5.41, 5.74) is 0.0783. The molecule has 4 aromatic carbocycles. The second-order valence-corrected chi connectivity index (χ2v) is 10.3. The highest BCUT2D eigenvalue weighted by Gasteiger charge is 2.26. The highest BCUT2D eigenvalue weighted by molar-refractivity contribution is 5.81. The molecule has 0 spiro atoms. The Bertz CT molecular complexity index is 1620. The van der Waals surface area contributed by atoms with E-state index in [-0.39, 0.29) is 13.2 Å². The summed E-state index contributed by atoms with van der Waals surface area (Å²) in [7, 11) is 0. The van der Waals surface area contributed by atoms with Gasteiger partial charge in [0.1, 0.15) is 60.2 Å². The average Bonchev–Trinajstić information content (AvgIpc) is 3.06. The van der Waals surface area contributed by atoms with Gasteiger partial charge in [0.25, 0.3) is 0 Å². The van der Waals surface area contributed by atoms with Crippen LogP contribution < -0.4 is 10.6 Å². The highest BCUT2D eigenvalue weighted by atomic mass is 19.2. The van der Waals surface area contributed by atoms with Crippen LogP contribution in [0, 0.1) is 34.9 Å². The number of nitrogens with one attached hydrogen (secondary N) is 2. The summed E-state index contributed by atoms with van der Waals surface area (Å²) < 4.78 is 90.0. The molecule has 16 heteroatoms. The quantitative estimate of drug-likeness (QED) is 0.130. The number of amides is 2. The molecule has 4 rings (SSSR count). The van der Waals surface area contributed by atoms with Crippen molar-refractivity contribution >= 4 is 24.1 Å². The average molecular weight is 707 g/mol. The first-order valence-corrected chi connectivity index (χ1v) is 14.4. The van der Waals surface area contributed by atoms with Crippen LogP contribution in [0.3, 0.4) is 0 Å². The molecule has 2 atom stereocenters. The second kappa shape index (κ2) is 18.5. The van der Waals surface area contributed by atoms with Crippen molar-refractivity contribution in [3.8, 4) is 0 Å². The Kier molecular flexibility index (Phi) is 14.2. The largest absolute Gasteiger partial charge is 0.480 e. The summed E-state index contributed by atoms with van der Waals surface area (Å²) in [5.74, 6) is -10.2. The molecule has 4 N–H and O–H groups in total. The first kappa shape index (κ1) is 38.4. The molecule has 10 nitrogen and oxygen atoms in total. The zero-order valence-corrected chi connectivity index (χ0v) is 25.7.